The molecule has 0 spiro atoms. The third-order valence-electron chi connectivity index (χ3n) is 1.92. The molecular formula is C11H9NO. The van der Waals surface area contributed by atoms with Crippen LogP contribution in [0.15, 0.2) is 43.1 Å². The van der Waals surface area contributed by atoms with Gasteiger partial charge in [0.1, 0.15) is 5.76 Å². The van der Waals surface area contributed by atoms with Crippen molar-refractivity contribution in [1.82, 2.24) is 4.98 Å². The zero-order valence-corrected chi connectivity index (χ0v) is 7.07. The number of nitrogens with zero attached hydrogens (tertiary/aromatic N) is 1. The fourth-order valence-electron chi connectivity index (χ4n) is 1.23. The minimum atomic E-state index is 0.0539. The molecular weight excluding hydrogens is 162 g/mol. The number of hydrogen-bond donors (Lipinski definition) is 1. The van der Waals surface area contributed by atoms with E-state index in [-0.39, 0.29) is 5.76 Å². The van der Waals surface area contributed by atoms with Gasteiger partial charge in [0.15, 0.2) is 0 Å². The van der Waals surface area contributed by atoms with Crippen LogP contribution in [-0.2, 0) is 0 Å². The Kier molecular flexibility index (Phi) is 1.74. The molecule has 2 aromatic rings. The molecule has 2 rings (SSSR count). The van der Waals surface area contributed by atoms with Crippen molar-refractivity contribution in [2.45, 2.75) is 0 Å². The minimum Gasteiger partial charge on any atom is -0.508 e. The van der Waals surface area contributed by atoms with E-state index in [0.717, 1.165) is 10.9 Å². The Hall–Kier alpha value is -1.83. The summed E-state index contributed by atoms with van der Waals surface area (Å²) in [6, 6.07) is 9.62. The highest BCUT2D eigenvalue weighted by Crippen LogP contribution is 2.15. The molecule has 64 valence electrons. The second kappa shape index (κ2) is 2.90. The zero-order valence-electron chi connectivity index (χ0n) is 7.07. The Morgan fingerprint density at radius 3 is 2.85 bits per heavy atom. The number of aliphatic hydroxyl groups is 1. The van der Waals surface area contributed by atoms with Gasteiger partial charge in [-0.3, -0.25) is 4.98 Å². The average molecular weight is 171 g/mol. The number of fused-ring (bicyclic) bond motifs is 1. The molecule has 1 N–H and O–H groups in total. The summed E-state index contributed by atoms with van der Waals surface area (Å²) in [5.41, 5.74) is 1.59. The van der Waals surface area contributed by atoms with Gasteiger partial charge < -0.3 is 5.11 Å². The molecule has 0 bridgehead atoms. The molecule has 13 heavy (non-hydrogen) atoms. The fourth-order valence-corrected chi connectivity index (χ4v) is 1.23. The van der Waals surface area contributed by atoms with E-state index in [4.69, 9.17) is 5.11 Å². The third-order valence-corrected chi connectivity index (χ3v) is 1.92. The van der Waals surface area contributed by atoms with Crippen LogP contribution in [0.1, 0.15) is 5.56 Å². The van der Waals surface area contributed by atoms with Crippen LogP contribution in [0.5, 0.6) is 0 Å². The van der Waals surface area contributed by atoms with Crippen LogP contribution in [0.4, 0.5) is 0 Å². The van der Waals surface area contributed by atoms with Gasteiger partial charge in [0.25, 0.3) is 0 Å². The van der Waals surface area contributed by atoms with E-state index < -0.39 is 0 Å². The molecule has 0 radical (unpaired) electrons. The van der Waals surface area contributed by atoms with Gasteiger partial charge in [-0.05, 0) is 12.1 Å². The SMILES string of the molecule is C=C(O)c1cnc2ccccc2c1. The molecule has 0 aliphatic carbocycles. The van der Waals surface area contributed by atoms with Gasteiger partial charge in [0.05, 0.1) is 5.52 Å². The summed E-state index contributed by atoms with van der Waals surface area (Å²) in [6.07, 6.45) is 1.62. The molecule has 0 atom stereocenters. The Morgan fingerprint density at radius 2 is 2.08 bits per heavy atom. The van der Waals surface area contributed by atoms with Gasteiger partial charge in [-0.15, -0.1) is 0 Å². The van der Waals surface area contributed by atoms with Crippen LogP contribution in [0.3, 0.4) is 0 Å². The molecule has 0 saturated carbocycles. The third kappa shape index (κ3) is 1.38. The van der Waals surface area contributed by atoms with Crippen molar-refractivity contribution in [3.8, 4) is 0 Å². The largest absolute Gasteiger partial charge is 0.508 e. The van der Waals surface area contributed by atoms with E-state index in [2.05, 4.69) is 11.6 Å². The molecule has 0 unspecified atom stereocenters. The van der Waals surface area contributed by atoms with Crippen LogP contribution in [0.2, 0.25) is 0 Å². The highest BCUT2D eigenvalue weighted by Gasteiger charge is 1.98. The molecule has 0 amide bonds. The number of aromatic nitrogens is 1. The summed E-state index contributed by atoms with van der Waals surface area (Å²) in [5.74, 6) is 0.0539. The first-order valence-corrected chi connectivity index (χ1v) is 4.00. The van der Waals surface area contributed by atoms with E-state index in [1.165, 1.54) is 0 Å². The van der Waals surface area contributed by atoms with E-state index in [1.807, 2.05) is 30.3 Å². The normalized spacial score (nSPS) is 10.2. The first-order chi connectivity index (χ1) is 6.27. The average Bonchev–Trinajstić information content (AvgIpc) is 2.17. The van der Waals surface area contributed by atoms with Crippen molar-refractivity contribution in [2.24, 2.45) is 0 Å². The maximum atomic E-state index is 9.15. The van der Waals surface area contributed by atoms with Crippen LogP contribution in [-0.4, -0.2) is 10.1 Å². The molecule has 2 nitrogen and oxygen atoms in total. The Labute approximate surface area is 76.2 Å². The van der Waals surface area contributed by atoms with Crippen LogP contribution >= 0.6 is 0 Å². The molecule has 2 heteroatoms. The highest BCUT2D eigenvalue weighted by molar-refractivity contribution is 5.81. The molecule has 1 heterocycles. The predicted octanol–water partition coefficient (Wildman–Crippen LogP) is 2.76. The number of pyridine rings is 1. The smallest absolute Gasteiger partial charge is 0.117 e. The van der Waals surface area contributed by atoms with Gasteiger partial charge in [0, 0.05) is 17.1 Å². The monoisotopic (exact) mass is 171 g/mol. The lowest BCUT2D eigenvalue weighted by Crippen LogP contribution is -1.84. The second-order valence-electron chi connectivity index (χ2n) is 2.86. The van der Waals surface area contributed by atoms with E-state index in [9.17, 15) is 0 Å². The van der Waals surface area contributed by atoms with E-state index >= 15 is 0 Å². The molecule has 0 aliphatic heterocycles. The highest BCUT2D eigenvalue weighted by atomic mass is 16.3. The van der Waals surface area contributed by atoms with Crippen LogP contribution in [0.25, 0.3) is 16.7 Å². The Bertz CT molecular complexity index is 462. The second-order valence-corrected chi connectivity index (χ2v) is 2.86. The summed E-state index contributed by atoms with van der Waals surface area (Å²) in [6.45, 7) is 3.45. The van der Waals surface area contributed by atoms with Crippen LogP contribution in [0, 0.1) is 0 Å². The molecule has 1 aromatic carbocycles. The van der Waals surface area contributed by atoms with Crippen molar-refractivity contribution >= 4 is 16.7 Å². The van der Waals surface area contributed by atoms with Gasteiger partial charge in [-0.25, -0.2) is 0 Å². The van der Waals surface area contributed by atoms with Crippen molar-refractivity contribution in [2.75, 3.05) is 0 Å². The lowest BCUT2D eigenvalue weighted by Gasteiger charge is -2.00. The Morgan fingerprint density at radius 1 is 1.31 bits per heavy atom. The standard InChI is InChI=1S/C11H9NO/c1-8(13)10-6-9-4-2-3-5-11(9)12-7-10/h2-7,13H,1H2. The molecule has 0 fully saturated rings. The van der Waals surface area contributed by atoms with Crippen molar-refractivity contribution < 1.29 is 5.11 Å². The van der Waals surface area contributed by atoms with Crippen molar-refractivity contribution in [1.29, 1.82) is 0 Å². The maximum absolute atomic E-state index is 9.15. The predicted molar refractivity (Wildman–Crippen MR) is 53.4 cm³/mol. The fraction of sp³-hybridized carbons (Fsp3) is 0. The molecule has 1 aromatic heterocycles. The quantitative estimate of drug-likeness (QED) is 0.669. The lowest BCUT2D eigenvalue weighted by molar-refractivity contribution is 0.513. The summed E-state index contributed by atoms with van der Waals surface area (Å²) in [4.78, 5) is 4.18. The molecule has 0 aliphatic rings. The zero-order chi connectivity index (χ0) is 9.26. The number of aliphatic hydroxyl groups excluding tert-OH is 1. The lowest BCUT2D eigenvalue weighted by atomic mass is 10.1. The summed E-state index contributed by atoms with van der Waals surface area (Å²) in [7, 11) is 0. The topological polar surface area (TPSA) is 33.1 Å². The van der Waals surface area contributed by atoms with Crippen LogP contribution < -0.4 is 0 Å². The number of hydrogen-bond acceptors (Lipinski definition) is 2. The first kappa shape index (κ1) is 7.80. The van der Waals surface area contributed by atoms with E-state index in [1.54, 1.807) is 6.20 Å². The minimum absolute atomic E-state index is 0.0539. The van der Waals surface area contributed by atoms with Crippen molar-refractivity contribution in [3.63, 3.8) is 0 Å². The van der Waals surface area contributed by atoms with E-state index in [0.29, 0.717) is 5.56 Å². The number of benzene rings is 1. The number of rotatable bonds is 1. The number of para-hydroxylation sites is 1. The van der Waals surface area contributed by atoms with Gasteiger partial charge in [0.2, 0.25) is 0 Å². The summed E-state index contributed by atoms with van der Waals surface area (Å²) in [5, 5.41) is 10.2. The van der Waals surface area contributed by atoms with Gasteiger partial charge >= 0.3 is 0 Å². The summed E-state index contributed by atoms with van der Waals surface area (Å²) < 4.78 is 0. The summed E-state index contributed by atoms with van der Waals surface area (Å²) >= 11 is 0. The Balaban J connectivity index is 2.69. The van der Waals surface area contributed by atoms with Crippen molar-refractivity contribution in [3.05, 3.63) is 48.7 Å². The maximum Gasteiger partial charge on any atom is 0.117 e. The molecule has 0 saturated heterocycles. The first-order valence-electron chi connectivity index (χ1n) is 4.00. The van der Waals surface area contributed by atoms with Gasteiger partial charge in [-0.2, -0.15) is 0 Å². The van der Waals surface area contributed by atoms with Gasteiger partial charge in [-0.1, -0.05) is 24.8 Å².